The van der Waals surface area contributed by atoms with Gasteiger partial charge < -0.3 is 5.32 Å². The Hall–Kier alpha value is -0.820. The minimum atomic E-state index is 0.735. The Kier molecular flexibility index (Phi) is 4.00. The summed E-state index contributed by atoms with van der Waals surface area (Å²) >= 11 is 0. The molecule has 1 aromatic carbocycles. The molecule has 0 bridgehead atoms. The first-order valence-corrected chi connectivity index (χ1v) is 6.62. The summed E-state index contributed by atoms with van der Waals surface area (Å²) in [6.07, 6.45) is 3.91. The molecule has 0 aliphatic heterocycles. The minimum Gasteiger partial charge on any atom is -0.316 e. The fraction of sp³-hybridized carbons (Fsp3) is 0.600. The van der Waals surface area contributed by atoms with Crippen molar-refractivity contribution >= 4 is 0 Å². The maximum absolute atomic E-state index is 3.56. The minimum absolute atomic E-state index is 0.735. The first-order chi connectivity index (χ1) is 7.83. The van der Waals surface area contributed by atoms with Gasteiger partial charge in [-0.05, 0) is 48.8 Å². The standard InChI is InChI=1S/C15H23N/c1-3-10-16-11-13-9-8-12(2)14-6-4-5-7-15(13)14/h4-7,12-13,16H,3,8-11H2,1-2H3. The molecule has 1 aliphatic carbocycles. The lowest BCUT2D eigenvalue weighted by atomic mass is 9.77. The molecular weight excluding hydrogens is 194 g/mol. The van der Waals surface area contributed by atoms with Crippen molar-refractivity contribution in [3.63, 3.8) is 0 Å². The number of nitrogens with one attached hydrogen (secondary N) is 1. The number of rotatable bonds is 4. The van der Waals surface area contributed by atoms with Gasteiger partial charge in [0.05, 0.1) is 0 Å². The highest BCUT2D eigenvalue weighted by atomic mass is 14.9. The summed E-state index contributed by atoms with van der Waals surface area (Å²) in [6, 6.07) is 9.00. The van der Waals surface area contributed by atoms with Crippen LogP contribution >= 0.6 is 0 Å². The van der Waals surface area contributed by atoms with Gasteiger partial charge in [0, 0.05) is 6.54 Å². The Bertz CT molecular complexity index is 332. The number of benzene rings is 1. The Morgan fingerprint density at radius 3 is 2.69 bits per heavy atom. The fourth-order valence-corrected chi connectivity index (χ4v) is 2.76. The molecule has 0 saturated carbocycles. The zero-order valence-electron chi connectivity index (χ0n) is 10.5. The summed E-state index contributed by atoms with van der Waals surface area (Å²) in [5.41, 5.74) is 3.17. The SMILES string of the molecule is CCCNCC1CCC(C)c2ccccc21. The number of hydrogen-bond donors (Lipinski definition) is 1. The van der Waals surface area contributed by atoms with E-state index in [-0.39, 0.29) is 0 Å². The number of fused-ring (bicyclic) bond motifs is 1. The largest absolute Gasteiger partial charge is 0.316 e. The monoisotopic (exact) mass is 217 g/mol. The first-order valence-electron chi connectivity index (χ1n) is 6.62. The van der Waals surface area contributed by atoms with Crippen molar-refractivity contribution in [1.82, 2.24) is 5.32 Å². The van der Waals surface area contributed by atoms with E-state index in [0.29, 0.717) is 0 Å². The van der Waals surface area contributed by atoms with Crippen LogP contribution in [0.4, 0.5) is 0 Å². The molecule has 0 radical (unpaired) electrons. The van der Waals surface area contributed by atoms with E-state index in [1.165, 1.54) is 19.3 Å². The van der Waals surface area contributed by atoms with Crippen LogP contribution in [0, 0.1) is 0 Å². The smallest absolute Gasteiger partial charge is 0.00202 e. The van der Waals surface area contributed by atoms with E-state index < -0.39 is 0 Å². The van der Waals surface area contributed by atoms with Gasteiger partial charge in [0.2, 0.25) is 0 Å². The molecule has 0 amide bonds. The van der Waals surface area contributed by atoms with Crippen LogP contribution in [0.15, 0.2) is 24.3 Å². The summed E-state index contributed by atoms with van der Waals surface area (Å²) in [7, 11) is 0. The second-order valence-corrected chi connectivity index (χ2v) is 5.01. The Labute approximate surface area is 99.3 Å². The molecule has 2 unspecified atom stereocenters. The summed E-state index contributed by atoms with van der Waals surface area (Å²) in [4.78, 5) is 0. The highest BCUT2D eigenvalue weighted by molar-refractivity contribution is 5.35. The van der Waals surface area contributed by atoms with Gasteiger partial charge >= 0.3 is 0 Å². The Morgan fingerprint density at radius 1 is 1.19 bits per heavy atom. The van der Waals surface area contributed by atoms with Gasteiger partial charge in [0.1, 0.15) is 0 Å². The molecule has 0 aromatic heterocycles. The third-order valence-electron chi connectivity index (χ3n) is 3.73. The zero-order valence-corrected chi connectivity index (χ0v) is 10.5. The van der Waals surface area contributed by atoms with E-state index in [1.807, 2.05) is 0 Å². The van der Waals surface area contributed by atoms with E-state index in [1.54, 1.807) is 11.1 Å². The zero-order chi connectivity index (χ0) is 11.4. The fourth-order valence-electron chi connectivity index (χ4n) is 2.76. The van der Waals surface area contributed by atoms with Crippen molar-refractivity contribution in [1.29, 1.82) is 0 Å². The van der Waals surface area contributed by atoms with Gasteiger partial charge in [-0.25, -0.2) is 0 Å². The van der Waals surface area contributed by atoms with Crippen LogP contribution < -0.4 is 5.32 Å². The van der Waals surface area contributed by atoms with Crippen molar-refractivity contribution < 1.29 is 0 Å². The van der Waals surface area contributed by atoms with Gasteiger partial charge in [-0.2, -0.15) is 0 Å². The van der Waals surface area contributed by atoms with Gasteiger partial charge in [-0.1, -0.05) is 38.1 Å². The Balaban J connectivity index is 2.09. The highest BCUT2D eigenvalue weighted by Crippen LogP contribution is 2.37. The maximum atomic E-state index is 3.56. The first kappa shape index (κ1) is 11.7. The van der Waals surface area contributed by atoms with Gasteiger partial charge in [0.15, 0.2) is 0 Å². The summed E-state index contributed by atoms with van der Waals surface area (Å²) in [5, 5.41) is 3.56. The summed E-state index contributed by atoms with van der Waals surface area (Å²) < 4.78 is 0. The van der Waals surface area contributed by atoms with Crippen LogP contribution in [0.3, 0.4) is 0 Å². The van der Waals surface area contributed by atoms with Crippen LogP contribution in [0.1, 0.15) is 56.1 Å². The summed E-state index contributed by atoms with van der Waals surface area (Å²) in [5.74, 6) is 1.48. The van der Waals surface area contributed by atoms with Crippen molar-refractivity contribution in [2.24, 2.45) is 0 Å². The van der Waals surface area contributed by atoms with Crippen molar-refractivity contribution in [3.05, 3.63) is 35.4 Å². The second kappa shape index (κ2) is 5.49. The quantitative estimate of drug-likeness (QED) is 0.759. The molecule has 2 rings (SSSR count). The third-order valence-corrected chi connectivity index (χ3v) is 3.73. The molecule has 88 valence electrons. The van der Waals surface area contributed by atoms with E-state index in [9.17, 15) is 0 Å². The Morgan fingerprint density at radius 2 is 1.94 bits per heavy atom. The van der Waals surface area contributed by atoms with Crippen molar-refractivity contribution in [2.45, 2.75) is 44.9 Å². The van der Waals surface area contributed by atoms with Crippen LogP contribution in [-0.4, -0.2) is 13.1 Å². The van der Waals surface area contributed by atoms with E-state index >= 15 is 0 Å². The van der Waals surface area contributed by atoms with E-state index in [0.717, 1.165) is 24.9 Å². The molecule has 1 N–H and O–H groups in total. The molecule has 2 atom stereocenters. The lowest BCUT2D eigenvalue weighted by Gasteiger charge is -2.30. The van der Waals surface area contributed by atoms with Crippen molar-refractivity contribution in [3.8, 4) is 0 Å². The molecule has 1 heteroatoms. The third kappa shape index (κ3) is 2.46. The highest BCUT2D eigenvalue weighted by Gasteiger charge is 2.23. The average molecular weight is 217 g/mol. The van der Waals surface area contributed by atoms with Crippen molar-refractivity contribution in [2.75, 3.05) is 13.1 Å². The van der Waals surface area contributed by atoms with Crippen LogP contribution in [0.25, 0.3) is 0 Å². The average Bonchev–Trinajstić information content (AvgIpc) is 2.33. The van der Waals surface area contributed by atoms with Crippen LogP contribution in [-0.2, 0) is 0 Å². The molecule has 0 heterocycles. The molecule has 1 nitrogen and oxygen atoms in total. The molecule has 16 heavy (non-hydrogen) atoms. The molecule has 0 fully saturated rings. The molecule has 0 spiro atoms. The van der Waals surface area contributed by atoms with Crippen LogP contribution in [0.5, 0.6) is 0 Å². The second-order valence-electron chi connectivity index (χ2n) is 5.01. The summed E-state index contributed by atoms with van der Waals surface area (Å²) in [6.45, 7) is 6.88. The van der Waals surface area contributed by atoms with E-state index in [2.05, 4.69) is 43.4 Å². The normalized spacial score (nSPS) is 24.1. The predicted octanol–water partition coefficient (Wildman–Crippen LogP) is 3.67. The molecule has 1 aliphatic rings. The predicted molar refractivity (Wildman–Crippen MR) is 70.0 cm³/mol. The molecular formula is C15H23N. The van der Waals surface area contributed by atoms with Gasteiger partial charge in [-0.15, -0.1) is 0 Å². The van der Waals surface area contributed by atoms with E-state index in [4.69, 9.17) is 0 Å². The van der Waals surface area contributed by atoms with Gasteiger partial charge in [0.25, 0.3) is 0 Å². The van der Waals surface area contributed by atoms with Crippen LogP contribution in [0.2, 0.25) is 0 Å². The lowest BCUT2D eigenvalue weighted by molar-refractivity contribution is 0.473. The number of hydrogen-bond acceptors (Lipinski definition) is 1. The topological polar surface area (TPSA) is 12.0 Å². The maximum Gasteiger partial charge on any atom is 0.00202 e. The molecule has 0 saturated heterocycles. The molecule has 1 aromatic rings. The van der Waals surface area contributed by atoms with Gasteiger partial charge in [-0.3, -0.25) is 0 Å². The lowest BCUT2D eigenvalue weighted by Crippen LogP contribution is -2.25.